The van der Waals surface area contributed by atoms with Crippen molar-refractivity contribution in [3.8, 4) is 0 Å². The molecule has 0 aliphatic rings. The monoisotopic (exact) mass is 298 g/mol. The first kappa shape index (κ1) is 15.7. The lowest BCUT2D eigenvalue weighted by Crippen LogP contribution is -2.25. The first-order valence-corrected chi connectivity index (χ1v) is 7.19. The van der Waals surface area contributed by atoms with Gasteiger partial charge < -0.3 is 5.32 Å². The number of nitrogens with one attached hydrogen (secondary N) is 1. The van der Waals surface area contributed by atoms with Gasteiger partial charge in [-0.3, -0.25) is 14.9 Å². The molecular formula is C17H18N2O3. The fourth-order valence-corrected chi connectivity index (χ4v) is 2.12. The standard InChI is InChI=1S/C17H18N2O3/c20-17(11-8-14-4-2-1-3-5-14)18-13-12-15-6-9-16(10-7-15)19(21)22/h1-7,9-10H,8,11-13H2,(H,18,20). The van der Waals surface area contributed by atoms with Gasteiger partial charge in [-0.1, -0.05) is 42.5 Å². The molecule has 0 spiro atoms. The summed E-state index contributed by atoms with van der Waals surface area (Å²) in [6, 6.07) is 16.3. The average Bonchev–Trinajstić information content (AvgIpc) is 2.54. The molecule has 0 heterocycles. The molecule has 114 valence electrons. The van der Waals surface area contributed by atoms with Crippen molar-refractivity contribution >= 4 is 11.6 Å². The van der Waals surface area contributed by atoms with E-state index in [1.165, 1.54) is 12.1 Å². The zero-order valence-corrected chi connectivity index (χ0v) is 12.2. The number of rotatable bonds is 7. The molecule has 0 aromatic heterocycles. The summed E-state index contributed by atoms with van der Waals surface area (Å²) in [7, 11) is 0. The molecule has 0 radical (unpaired) electrons. The van der Waals surface area contributed by atoms with E-state index in [1.54, 1.807) is 12.1 Å². The van der Waals surface area contributed by atoms with Gasteiger partial charge in [0.15, 0.2) is 0 Å². The minimum atomic E-state index is -0.421. The van der Waals surface area contributed by atoms with E-state index in [9.17, 15) is 14.9 Å². The molecule has 2 aromatic carbocycles. The molecule has 22 heavy (non-hydrogen) atoms. The number of nitro benzene ring substituents is 1. The zero-order chi connectivity index (χ0) is 15.8. The van der Waals surface area contributed by atoms with Gasteiger partial charge in [0.2, 0.25) is 5.91 Å². The van der Waals surface area contributed by atoms with Crippen LogP contribution in [0.25, 0.3) is 0 Å². The topological polar surface area (TPSA) is 72.2 Å². The van der Waals surface area contributed by atoms with E-state index in [0.29, 0.717) is 19.4 Å². The van der Waals surface area contributed by atoms with Crippen LogP contribution in [0.4, 0.5) is 5.69 Å². The van der Waals surface area contributed by atoms with Gasteiger partial charge >= 0.3 is 0 Å². The van der Waals surface area contributed by atoms with Crippen LogP contribution in [-0.4, -0.2) is 17.4 Å². The van der Waals surface area contributed by atoms with Crippen LogP contribution < -0.4 is 5.32 Å². The van der Waals surface area contributed by atoms with E-state index in [-0.39, 0.29) is 11.6 Å². The fraction of sp³-hybridized carbons (Fsp3) is 0.235. The second-order valence-corrected chi connectivity index (χ2v) is 5.01. The molecule has 2 aromatic rings. The predicted molar refractivity (Wildman–Crippen MR) is 84.6 cm³/mol. The zero-order valence-electron chi connectivity index (χ0n) is 12.2. The van der Waals surface area contributed by atoms with Gasteiger partial charge in [0, 0.05) is 25.1 Å². The number of nitrogens with zero attached hydrogens (tertiary/aromatic N) is 1. The van der Waals surface area contributed by atoms with Crippen LogP contribution in [0.3, 0.4) is 0 Å². The largest absolute Gasteiger partial charge is 0.356 e. The Labute approximate surface area is 129 Å². The molecule has 0 aliphatic heterocycles. The SMILES string of the molecule is O=C(CCc1ccccc1)NCCc1ccc([N+](=O)[O-])cc1. The van der Waals surface area contributed by atoms with Crippen molar-refractivity contribution in [2.75, 3.05) is 6.54 Å². The highest BCUT2D eigenvalue weighted by molar-refractivity contribution is 5.76. The number of nitro groups is 1. The lowest BCUT2D eigenvalue weighted by atomic mass is 10.1. The molecule has 1 N–H and O–H groups in total. The molecule has 0 bridgehead atoms. The molecule has 1 amide bonds. The van der Waals surface area contributed by atoms with E-state index in [1.807, 2.05) is 30.3 Å². The van der Waals surface area contributed by atoms with Gasteiger partial charge in [-0.15, -0.1) is 0 Å². The molecule has 5 heteroatoms. The fourth-order valence-electron chi connectivity index (χ4n) is 2.12. The Morgan fingerprint density at radius 2 is 1.59 bits per heavy atom. The third kappa shape index (κ3) is 5.01. The van der Waals surface area contributed by atoms with Crippen molar-refractivity contribution in [1.29, 1.82) is 0 Å². The van der Waals surface area contributed by atoms with Gasteiger partial charge in [0.25, 0.3) is 5.69 Å². The smallest absolute Gasteiger partial charge is 0.269 e. The van der Waals surface area contributed by atoms with E-state index in [4.69, 9.17) is 0 Å². The first-order valence-electron chi connectivity index (χ1n) is 7.19. The summed E-state index contributed by atoms with van der Waals surface area (Å²) in [5.41, 5.74) is 2.19. The Hall–Kier alpha value is -2.69. The van der Waals surface area contributed by atoms with Crippen LogP contribution in [0.15, 0.2) is 54.6 Å². The lowest BCUT2D eigenvalue weighted by Gasteiger charge is -2.05. The molecule has 2 rings (SSSR count). The van der Waals surface area contributed by atoms with E-state index in [2.05, 4.69) is 5.32 Å². The van der Waals surface area contributed by atoms with Crippen LogP contribution in [0.5, 0.6) is 0 Å². The minimum Gasteiger partial charge on any atom is -0.356 e. The van der Waals surface area contributed by atoms with Crippen LogP contribution in [-0.2, 0) is 17.6 Å². The summed E-state index contributed by atoms with van der Waals surface area (Å²) in [6.07, 6.45) is 1.85. The number of amides is 1. The lowest BCUT2D eigenvalue weighted by molar-refractivity contribution is -0.384. The quantitative estimate of drug-likeness (QED) is 0.631. The van der Waals surface area contributed by atoms with E-state index >= 15 is 0 Å². The number of non-ortho nitro benzene ring substituents is 1. The maximum atomic E-state index is 11.7. The molecule has 0 fully saturated rings. The minimum absolute atomic E-state index is 0.0192. The highest BCUT2D eigenvalue weighted by Gasteiger charge is 2.05. The number of carbonyl (C=O) groups excluding carboxylic acids is 1. The van der Waals surface area contributed by atoms with Crippen molar-refractivity contribution in [2.45, 2.75) is 19.3 Å². The summed E-state index contributed by atoms with van der Waals surface area (Å²) in [4.78, 5) is 21.9. The molecule has 0 unspecified atom stereocenters. The summed E-state index contributed by atoms with van der Waals surface area (Å²) in [6.45, 7) is 0.533. The third-order valence-electron chi connectivity index (χ3n) is 3.37. The first-order chi connectivity index (χ1) is 10.6. The number of hydrogen-bond acceptors (Lipinski definition) is 3. The normalized spacial score (nSPS) is 10.2. The van der Waals surface area contributed by atoms with Crippen LogP contribution >= 0.6 is 0 Å². The Morgan fingerprint density at radius 1 is 0.955 bits per heavy atom. The summed E-state index contributed by atoms with van der Waals surface area (Å²) in [5.74, 6) is 0.0192. The molecule has 0 aliphatic carbocycles. The number of benzene rings is 2. The highest BCUT2D eigenvalue weighted by atomic mass is 16.6. The van der Waals surface area contributed by atoms with Crippen molar-refractivity contribution in [3.63, 3.8) is 0 Å². The molecule has 0 saturated heterocycles. The van der Waals surface area contributed by atoms with Gasteiger partial charge in [0.1, 0.15) is 0 Å². The van der Waals surface area contributed by atoms with Crippen molar-refractivity contribution < 1.29 is 9.72 Å². The summed E-state index contributed by atoms with van der Waals surface area (Å²) < 4.78 is 0. The second kappa shape index (κ2) is 7.93. The maximum Gasteiger partial charge on any atom is 0.269 e. The van der Waals surface area contributed by atoms with Gasteiger partial charge in [-0.2, -0.15) is 0 Å². The molecule has 0 saturated carbocycles. The Morgan fingerprint density at radius 3 is 2.23 bits per heavy atom. The van der Waals surface area contributed by atoms with Crippen molar-refractivity contribution in [1.82, 2.24) is 5.32 Å². The Balaban J connectivity index is 1.69. The third-order valence-corrected chi connectivity index (χ3v) is 3.37. The summed E-state index contributed by atoms with van der Waals surface area (Å²) in [5, 5.41) is 13.4. The number of hydrogen-bond donors (Lipinski definition) is 1. The Bertz CT molecular complexity index is 624. The van der Waals surface area contributed by atoms with Crippen LogP contribution in [0, 0.1) is 10.1 Å². The molecule has 0 atom stereocenters. The maximum absolute atomic E-state index is 11.7. The van der Waals surface area contributed by atoms with E-state index < -0.39 is 4.92 Å². The second-order valence-electron chi connectivity index (χ2n) is 5.01. The predicted octanol–water partition coefficient (Wildman–Crippen LogP) is 2.89. The van der Waals surface area contributed by atoms with E-state index in [0.717, 1.165) is 17.5 Å². The average molecular weight is 298 g/mol. The van der Waals surface area contributed by atoms with Gasteiger partial charge in [-0.25, -0.2) is 0 Å². The van der Waals surface area contributed by atoms with Crippen LogP contribution in [0.2, 0.25) is 0 Å². The molecule has 5 nitrogen and oxygen atoms in total. The van der Waals surface area contributed by atoms with Gasteiger partial charge in [-0.05, 0) is 24.0 Å². The van der Waals surface area contributed by atoms with Crippen molar-refractivity contribution in [2.24, 2.45) is 0 Å². The molecular weight excluding hydrogens is 280 g/mol. The number of carbonyl (C=O) groups is 1. The van der Waals surface area contributed by atoms with Gasteiger partial charge in [0.05, 0.1) is 4.92 Å². The summed E-state index contributed by atoms with van der Waals surface area (Å²) >= 11 is 0. The van der Waals surface area contributed by atoms with Crippen molar-refractivity contribution in [3.05, 3.63) is 75.8 Å². The van der Waals surface area contributed by atoms with Crippen LogP contribution in [0.1, 0.15) is 17.5 Å². The highest BCUT2D eigenvalue weighted by Crippen LogP contribution is 2.12. The Kier molecular flexibility index (Phi) is 5.65. The number of aryl methyl sites for hydroxylation is 1.